The monoisotopic (exact) mass is 345 g/mol. The largest absolute Gasteiger partial charge is 0.490 e. The van der Waals surface area contributed by atoms with E-state index in [9.17, 15) is 18.0 Å². The molecular weight excluding hydrogens is 323 g/mol. The highest BCUT2D eigenvalue weighted by atomic mass is 19.4. The maximum Gasteiger partial charge on any atom is 0.419 e. The van der Waals surface area contributed by atoms with Crippen LogP contribution < -0.4 is 15.8 Å². The molecule has 2 rings (SSSR count). The topological polar surface area (TPSA) is 67.6 Å². The smallest absolute Gasteiger partial charge is 0.419 e. The van der Waals surface area contributed by atoms with Gasteiger partial charge in [0.15, 0.2) is 0 Å². The van der Waals surface area contributed by atoms with Crippen LogP contribution in [0.1, 0.15) is 35.7 Å². The van der Waals surface area contributed by atoms with E-state index in [1.807, 2.05) is 6.92 Å². The average molecular weight is 345 g/mol. The number of benzene rings is 1. The lowest BCUT2D eigenvalue weighted by Gasteiger charge is -2.32. The Hall–Kier alpha value is -1.96. The van der Waals surface area contributed by atoms with Gasteiger partial charge in [0.05, 0.1) is 11.1 Å². The molecule has 1 fully saturated rings. The van der Waals surface area contributed by atoms with Crippen LogP contribution in [0.4, 0.5) is 18.9 Å². The summed E-state index contributed by atoms with van der Waals surface area (Å²) in [5, 5.41) is 2.28. The number of halogens is 3. The van der Waals surface area contributed by atoms with Crippen molar-refractivity contribution in [3.63, 3.8) is 0 Å². The van der Waals surface area contributed by atoms with Crippen molar-refractivity contribution in [2.24, 2.45) is 0 Å². The minimum Gasteiger partial charge on any atom is -0.490 e. The molecule has 0 atom stereocenters. The molecule has 0 unspecified atom stereocenters. The van der Waals surface area contributed by atoms with Crippen LogP contribution in [0.15, 0.2) is 12.1 Å². The van der Waals surface area contributed by atoms with E-state index in [-0.39, 0.29) is 23.1 Å². The Morgan fingerprint density at radius 1 is 1.38 bits per heavy atom. The van der Waals surface area contributed by atoms with E-state index < -0.39 is 17.6 Å². The molecule has 1 aliphatic heterocycles. The fourth-order valence-electron chi connectivity index (χ4n) is 2.77. The van der Waals surface area contributed by atoms with E-state index in [1.54, 1.807) is 0 Å². The number of likely N-dealkylation sites (tertiary alicyclic amines) is 1. The van der Waals surface area contributed by atoms with Crippen molar-refractivity contribution in [3.8, 4) is 5.75 Å². The van der Waals surface area contributed by atoms with Gasteiger partial charge in [-0.3, -0.25) is 4.79 Å². The van der Waals surface area contributed by atoms with Crippen LogP contribution in [-0.4, -0.2) is 43.6 Å². The zero-order chi connectivity index (χ0) is 17.9. The van der Waals surface area contributed by atoms with E-state index >= 15 is 0 Å². The molecule has 1 saturated heterocycles. The number of piperidine rings is 1. The van der Waals surface area contributed by atoms with E-state index in [1.165, 1.54) is 7.05 Å². The van der Waals surface area contributed by atoms with Crippen molar-refractivity contribution >= 4 is 11.6 Å². The number of ether oxygens (including phenoxy) is 1. The molecule has 3 N–H and O–H groups in total. The number of alkyl halides is 3. The predicted octanol–water partition coefficient (Wildman–Crippen LogP) is 2.51. The molecule has 0 radical (unpaired) electrons. The number of amides is 1. The maximum absolute atomic E-state index is 13.3. The van der Waals surface area contributed by atoms with Gasteiger partial charge in [0, 0.05) is 31.9 Å². The first-order valence-electron chi connectivity index (χ1n) is 7.88. The highest BCUT2D eigenvalue weighted by molar-refractivity contribution is 5.99. The number of carbonyl (C=O) groups excluding carboxylic acids is 1. The van der Waals surface area contributed by atoms with Crippen LogP contribution in [0.25, 0.3) is 0 Å². The number of hydrogen-bond acceptors (Lipinski definition) is 4. The summed E-state index contributed by atoms with van der Waals surface area (Å²) in [7, 11) is 1.33. The normalized spacial score (nSPS) is 16.9. The zero-order valence-electron chi connectivity index (χ0n) is 13.7. The Morgan fingerprint density at radius 3 is 2.50 bits per heavy atom. The summed E-state index contributed by atoms with van der Waals surface area (Å²) in [6.07, 6.45) is -3.61. The summed E-state index contributed by atoms with van der Waals surface area (Å²) in [4.78, 5) is 13.9. The zero-order valence-corrected chi connectivity index (χ0v) is 13.7. The first kappa shape index (κ1) is 18.4. The standard InChI is InChI=1S/C16H22F3N3O2/c1-3-22-6-4-10(5-7-22)24-14-9-13(20)11(15(23)21-2)8-12(14)16(17,18)19/h8-10H,3-7,20H2,1-2H3,(H,21,23). The van der Waals surface area contributed by atoms with Crippen LogP contribution in [-0.2, 0) is 6.18 Å². The second-order valence-electron chi connectivity index (χ2n) is 5.76. The summed E-state index contributed by atoms with van der Waals surface area (Å²) >= 11 is 0. The van der Waals surface area contributed by atoms with E-state index in [0.29, 0.717) is 12.8 Å². The number of nitrogens with zero attached hydrogens (tertiary/aromatic N) is 1. The van der Waals surface area contributed by atoms with Crippen molar-refractivity contribution < 1.29 is 22.7 Å². The number of nitrogens with two attached hydrogens (primary N) is 1. The fraction of sp³-hybridized carbons (Fsp3) is 0.562. The third-order valence-corrected chi connectivity index (χ3v) is 4.20. The number of rotatable bonds is 4. The molecule has 1 aliphatic rings. The molecule has 0 aliphatic carbocycles. The highest BCUT2D eigenvalue weighted by Gasteiger charge is 2.37. The lowest BCUT2D eigenvalue weighted by molar-refractivity contribution is -0.139. The molecule has 1 aromatic rings. The molecule has 1 heterocycles. The van der Waals surface area contributed by atoms with Crippen molar-refractivity contribution in [2.45, 2.75) is 32.0 Å². The van der Waals surface area contributed by atoms with Crippen LogP contribution in [0.5, 0.6) is 5.75 Å². The van der Waals surface area contributed by atoms with Crippen molar-refractivity contribution in [1.29, 1.82) is 0 Å². The fourth-order valence-corrected chi connectivity index (χ4v) is 2.77. The minimum absolute atomic E-state index is 0.0386. The molecular formula is C16H22F3N3O2. The summed E-state index contributed by atoms with van der Waals surface area (Å²) in [5.74, 6) is -0.983. The van der Waals surface area contributed by atoms with Gasteiger partial charge < -0.3 is 20.7 Å². The Bertz CT molecular complexity index is 597. The number of nitrogen functional groups attached to an aromatic ring is 1. The molecule has 8 heteroatoms. The quantitative estimate of drug-likeness (QED) is 0.823. The lowest BCUT2D eigenvalue weighted by atomic mass is 10.0. The summed E-state index contributed by atoms with van der Waals surface area (Å²) < 4.78 is 45.6. The highest BCUT2D eigenvalue weighted by Crippen LogP contribution is 2.39. The van der Waals surface area contributed by atoms with Gasteiger partial charge in [-0.15, -0.1) is 0 Å². The first-order valence-corrected chi connectivity index (χ1v) is 7.88. The third kappa shape index (κ3) is 4.11. The summed E-state index contributed by atoms with van der Waals surface area (Å²) in [5.41, 5.74) is 4.52. The predicted molar refractivity (Wildman–Crippen MR) is 85.0 cm³/mol. The Morgan fingerprint density at radius 2 is 2.00 bits per heavy atom. The van der Waals surface area contributed by atoms with Crippen molar-refractivity contribution in [1.82, 2.24) is 10.2 Å². The molecule has 0 aromatic heterocycles. The number of carbonyl (C=O) groups is 1. The number of hydrogen-bond donors (Lipinski definition) is 2. The van der Waals surface area contributed by atoms with Gasteiger partial charge in [0.1, 0.15) is 11.9 Å². The SMILES string of the molecule is CCN1CCC(Oc2cc(N)c(C(=O)NC)cc2C(F)(F)F)CC1. The lowest BCUT2D eigenvalue weighted by Crippen LogP contribution is -2.38. The third-order valence-electron chi connectivity index (χ3n) is 4.20. The van der Waals surface area contributed by atoms with Gasteiger partial charge in [0.2, 0.25) is 0 Å². The molecule has 0 bridgehead atoms. The van der Waals surface area contributed by atoms with Gasteiger partial charge in [0.25, 0.3) is 5.91 Å². The van der Waals surface area contributed by atoms with Crippen LogP contribution in [0.3, 0.4) is 0 Å². The molecule has 1 aromatic carbocycles. The summed E-state index contributed by atoms with van der Waals surface area (Å²) in [6, 6.07) is 1.85. The number of anilines is 1. The number of nitrogens with one attached hydrogen (secondary N) is 1. The minimum atomic E-state index is -4.63. The molecule has 5 nitrogen and oxygen atoms in total. The van der Waals surface area contributed by atoms with Gasteiger partial charge in [-0.2, -0.15) is 13.2 Å². The van der Waals surface area contributed by atoms with Crippen LogP contribution in [0.2, 0.25) is 0 Å². The second-order valence-corrected chi connectivity index (χ2v) is 5.76. The summed E-state index contributed by atoms with van der Waals surface area (Å²) in [6.45, 7) is 4.53. The van der Waals surface area contributed by atoms with E-state index in [4.69, 9.17) is 10.5 Å². The Kier molecular flexibility index (Phi) is 5.58. The molecule has 0 saturated carbocycles. The van der Waals surface area contributed by atoms with Gasteiger partial charge in [-0.05, 0) is 25.5 Å². The first-order chi connectivity index (χ1) is 11.3. The van der Waals surface area contributed by atoms with E-state index in [2.05, 4.69) is 10.2 Å². The molecule has 24 heavy (non-hydrogen) atoms. The van der Waals surface area contributed by atoms with Crippen LogP contribution in [0, 0.1) is 0 Å². The second kappa shape index (κ2) is 7.29. The average Bonchev–Trinajstić information content (AvgIpc) is 2.54. The van der Waals surface area contributed by atoms with Crippen molar-refractivity contribution in [3.05, 3.63) is 23.3 Å². The van der Waals surface area contributed by atoms with Gasteiger partial charge in [-0.25, -0.2) is 0 Å². The maximum atomic E-state index is 13.3. The van der Waals surface area contributed by atoms with Gasteiger partial charge >= 0.3 is 6.18 Å². The van der Waals surface area contributed by atoms with Crippen molar-refractivity contribution in [2.75, 3.05) is 32.4 Å². The van der Waals surface area contributed by atoms with E-state index in [0.717, 1.165) is 31.8 Å². The Balaban J connectivity index is 2.28. The van der Waals surface area contributed by atoms with Gasteiger partial charge in [-0.1, -0.05) is 6.92 Å². The molecule has 0 spiro atoms. The molecule has 1 amide bonds. The van der Waals surface area contributed by atoms with Crippen LogP contribution >= 0.6 is 0 Å². The molecule has 134 valence electrons. The Labute approximate surface area is 138 Å².